The van der Waals surface area contributed by atoms with E-state index in [1.54, 1.807) is 6.07 Å². The number of H-pyrrole nitrogens is 1. The van der Waals surface area contributed by atoms with Crippen molar-refractivity contribution in [3.8, 4) is 5.75 Å². The van der Waals surface area contributed by atoms with E-state index in [1.807, 2.05) is 26.4 Å². The number of phenolic OH excluding ortho intramolecular Hbond substituents is 1. The van der Waals surface area contributed by atoms with Crippen LogP contribution in [0.2, 0.25) is 0 Å². The Morgan fingerprint density at radius 2 is 2.18 bits per heavy atom. The van der Waals surface area contributed by atoms with Crippen LogP contribution in [0.15, 0.2) is 18.3 Å². The molecule has 17 heavy (non-hydrogen) atoms. The maximum absolute atomic E-state index is 10.8. The van der Waals surface area contributed by atoms with Crippen LogP contribution in [0, 0.1) is 0 Å². The highest BCUT2D eigenvalue weighted by molar-refractivity contribution is 5.96. The number of nitrogens with one attached hydrogen (secondary N) is 1. The van der Waals surface area contributed by atoms with Crippen LogP contribution in [0.4, 0.5) is 0 Å². The lowest BCUT2D eigenvalue weighted by atomic mass is 10.1. The van der Waals surface area contributed by atoms with E-state index in [9.17, 15) is 9.90 Å². The van der Waals surface area contributed by atoms with E-state index < -0.39 is 0 Å². The molecule has 0 saturated carbocycles. The van der Waals surface area contributed by atoms with Gasteiger partial charge in [-0.15, -0.1) is 0 Å². The zero-order valence-corrected chi connectivity index (χ0v) is 10.0. The molecular formula is C13H16N2O2. The lowest BCUT2D eigenvalue weighted by Crippen LogP contribution is -2.14. The molecule has 0 saturated heterocycles. The number of rotatable bonds is 4. The predicted molar refractivity (Wildman–Crippen MR) is 67.6 cm³/mol. The first kappa shape index (κ1) is 11.7. The second kappa shape index (κ2) is 4.59. The number of aromatic nitrogens is 1. The van der Waals surface area contributed by atoms with Crippen molar-refractivity contribution in [3.63, 3.8) is 0 Å². The molecule has 2 aromatic rings. The lowest BCUT2D eigenvalue weighted by molar-refractivity contribution is 0.112. The first-order valence-corrected chi connectivity index (χ1v) is 5.55. The van der Waals surface area contributed by atoms with Gasteiger partial charge < -0.3 is 15.0 Å². The van der Waals surface area contributed by atoms with Crippen molar-refractivity contribution in [3.05, 3.63) is 29.5 Å². The Morgan fingerprint density at radius 3 is 2.82 bits per heavy atom. The fourth-order valence-corrected chi connectivity index (χ4v) is 1.93. The smallest absolute Gasteiger partial charge is 0.153 e. The number of aldehydes is 1. The molecule has 4 heteroatoms. The number of aromatic amines is 1. The summed E-state index contributed by atoms with van der Waals surface area (Å²) in [5, 5.41) is 10.8. The van der Waals surface area contributed by atoms with Crippen molar-refractivity contribution < 1.29 is 9.90 Å². The van der Waals surface area contributed by atoms with Gasteiger partial charge >= 0.3 is 0 Å². The highest BCUT2D eigenvalue weighted by atomic mass is 16.3. The van der Waals surface area contributed by atoms with E-state index in [1.165, 1.54) is 0 Å². The van der Waals surface area contributed by atoms with Crippen molar-refractivity contribution in [2.24, 2.45) is 0 Å². The van der Waals surface area contributed by atoms with E-state index in [0.29, 0.717) is 11.8 Å². The second-order valence-corrected chi connectivity index (χ2v) is 4.41. The van der Waals surface area contributed by atoms with Crippen LogP contribution in [0.25, 0.3) is 10.9 Å². The van der Waals surface area contributed by atoms with Crippen LogP contribution in [0.5, 0.6) is 5.75 Å². The minimum atomic E-state index is 0.0764. The number of carbonyl (C=O) groups excluding carboxylic acids is 1. The molecule has 0 fully saturated rings. The number of benzene rings is 1. The van der Waals surface area contributed by atoms with Crippen LogP contribution in [0.3, 0.4) is 0 Å². The van der Waals surface area contributed by atoms with E-state index in [4.69, 9.17) is 0 Å². The largest absolute Gasteiger partial charge is 0.506 e. The summed E-state index contributed by atoms with van der Waals surface area (Å²) in [6, 6.07) is 3.44. The van der Waals surface area contributed by atoms with Gasteiger partial charge in [-0.1, -0.05) is 0 Å². The Bertz CT molecular complexity index is 544. The standard InChI is InChI=1S/C13H16N2O2/c1-15(2)6-5-9-7-14-11-4-3-10(8-16)13(17)12(9)11/h3-4,7-8,14,17H,5-6H2,1-2H3. The van der Waals surface area contributed by atoms with Crippen LogP contribution in [-0.4, -0.2) is 41.9 Å². The molecular weight excluding hydrogens is 216 g/mol. The molecule has 90 valence electrons. The number of likely N-dealkylation sites (N-methyl/N-ethyl adjacent to an activating group) is 1. The third kappa shape index (κ3) is 2.17. The first-order valence-electron chi connectivity index (χ1n) is 5.55. The molecule has 0 amide bonds. The van der Waals surface area contributed by atoms with Crippen LogP contribution in [0.1, 0.15) is 15.9 Å². The number of carbonyl (C=O) groups is 1. The Hall–Kier alpha value is -1.81. The number of nitrogens with zero attached hydrogens (tertiary/aromatic N) is 1. The van der Waals surface area contributed by atoms with Gasteiger partial charge in [0.05, 0.1) is 5.56 Å². The van der Waals surface area contributed by atoms with Gasteiger partial charge in [-0.05, 0) is 38.2 Å². The topological polar surface area (TPSA) is 56.3 Å². The molecule has 0 bridgehead atoms. The summed E-state index contributed by atoms with van der Waals surface area (Å²) in [6.07, 6.45) is 3.41. The molecule has 0 radical (unpaired) electrons. The summed E-state index contributed by atoms with van der Waals surface area (Å²) >= 11 is 0. The first-order chi connectivity index (χ1) is 8.13. The molecule has 4 nitrogen and oxygen atoms in total. The summed E-state index contributed by atoms with van der Waals surface area (Å²) in [7, 11) is 4.01. The lowest BCUT2D eigenvalue weighted by Gasteiger charge is -2.09. The van der Waals surface area contributed by atoms with Gasteiger partial charge in [0.15, 0.2) is 6.29 Å². The molecule has 0 aliphatic carbocycles. The third-order valence-electron chi connectivity index (χ3n) is 2.89. The summed E-state index contributed by atoms with van der Waals surface area (Å²) in [6.45, 7) is 0.901. The highest BCUT2D eigenvalue weighted by Crippen LogP contribution is 2.30. The zero-order valence-electron chi connectivity index (χ0n) is 10.0. The second-order valence-electron chi connectivity index (χ2n) is 4.41. The van der Waals surface area contributed by atoms with Gasteiger partial charge in [0.1, 0.15) is 5.75 Å². The number of aromatic hydroxyl groups is 1. The Balaban J connectivity index is 2.46. The summed E-state index contributed by atoms with van der Waals surface area (Å²) in [5.74, 6) is 0.0764. The average Bonchev–Trinajstić information content (AvgIpc) is 2.71. The number of fused-ring (bicyclic) bond motifs is 1. The third-order valence-corrected chi connectivity index (χ3v) is 2.89. The quantitative estimate of drug-likeness (QED) is 0.790. The molecule has 0 atom stereocenters. The van der Waals surface area contributed by atoms with E-state index >= 15 is 0 Å². The van der Waals surface area contributed by atoms with Crippen molar-refractivity contribution in [1.29, 1.82) is 0 Å². The molecule has 0 spiro atoms. The van der Waals surface area contributed by atoms with Gasteiger partial charge in [0.25, 0.3) is 0 Å². The molecule has 2 N–H and O–H groups in total. The summed E-state index contributed by atoms with van der Waals surface area (Å²) in [4.78, 5) is 16.0. The molecule has 0 aliphatic rings. The van der Waals surface area contributed by atoms with Crippen molar-refractivity contribution in [1.82, 2.24) is 9.88 Å². The van der Waals surface area contributed by atoms with Crippen molar-refractivity contribution >= 4 is 17.2 Å². The fourth-order valence-electron chi connectivity index (χ4n) is 1.93. The average molecular weight is 232 g/mol. The number of hydrogen-bond donors (Lipinski definition) is 2. The maximum atomic E-state index is 10.8. The van der Waals surface area contributed by atoms with Gasteiger partial charge in [-0.25, -0.2) is 0 Å². The van der Waals surface area contributed by atoms with Crippen molar-refractivity contribution in [2.45, 2.75) is 6.42 Å². The zero-order chi connectivity index (χ0) is 12.4. The molecule has 1 aromatic carbocycles. The summed E-state index contributed by atoms with van der Waals surface area (Å²) in [5.41, 5.74) is 2.24. The minimum Gasteiger partial charge on any atom is -0.506 e. The maximum Gasteiger partial charge on any atom is 0.153 e. The summed E-state index contributed by atoms with van der Waals surface area (Å²) < 4.78 is 0. The molecule has 0 aliphatic heterocycles. The van der Waals surface area contributed by atoms with Crippen molar-refractivity contribution in [2.75, 3.05) is 20.6 Å². The number of hydrogen-bond acceptors (Lipinski definition) is 3. The monoisotopic (exact) mass is 232 g/mol. The van der Waals surface area contributed by atoms with Gasteiger partial charge in [0.2, 0.25) is 0 Å². The Kier molecular flexibility index (Phi) is 3.15. The highest BCUT2D eigenvalue weighted by Gasteiger charge is 2.11. The van der Waals surface area contributed by atoms with Gasteiger partial charge in [0, 0.05) is 23.6 Å². The van der Waals surface area contributed by atoms with Crippen LogP contribution in [-0.2, 0) is 6.42 Å². The predicted octanol–water partition coefficient (Wildman–Crippen LogP) is 1.79. The van der Waals surface area contributed by atoms with E-state index in [0.717, 1.165) is 29.4 Å². The van der Waals surface area contributed by atoms with Crippen LogP contribution < -0.4 is 0 Å². The minimum absolute atomic E-state index is 0.0764. The molecule has 2 rings (SSSR count). The van der Waals surface area contributed by atoms with Gasteiger partial charge in [-0.3, -0.25) is 4.79 Å². The Morgan fingerprint density at radius 1 is 1.41 bits per heavy atom. The molecule has 1 aromatic heterocycles. The van der Waals surface area contributed by atoms with Crippen LogP contribution >= 0.6 is 0 Å². The van der Waals surface area contributed by atoms with E-state index in [-0.39, 0.29) is 5.75 Å². The Labute approximate surface area is 99.9 Å². The molecule has 1 heterocycles. The fraction of sp³-hybridized carbons (Fsp3) is 0.308. The normalized spacial score (nSPS) is 11.2. The molecule has 0 unspecified atom stereocenters. The van der Waals surface area contributed by atoms with E-state index in [2.05, 4.69) is 9.88 Å². The number of phenols is 1. The van der Waals surface area contributed by atoms with Gasteiger partial charge in [-0.2, -0.15) is 0 Å². The SMILES string of the molecule is CN(C)CCc1c[nH]c2ccc(C=O)c(O)c12.